The summed E-state index contributed by atoms with van der Waals surface area (Å²) in [6.45, 7) is 2.63. The normalized spacial score (nSPS) is 16.4. The molecule has 2 N–H and O–H groups in total. The zero-order chi connectivity index (χ0) is 13.7. The average molecular weight is 283 g/mol. The molecule has 1 aromatic rings. The molecule has 19 heavy (non-hydrogen) atoms. The van der Waals surface area contributed by atoms with Gasteiger partial charge in [-0.2, -0.15) is 0 Å². The van der Waals surface area contributed by atoms with Crippen LogP contribution in [-0.2, 0) is 6.54 Å². The fourth-order valence-electron chi connectivity index (χ4n) is 2.71. The second kappa shape index (κ2) is 7.13. The Hall–Kier alpha value is -0.770. The molecule has 0 spiro atoms. The third kappa shape index (κ3) is 4.10. The van der Waals surface area contributed by atoms with Gasteiger partial charge in [-0.15, -0.1) is 0 Å². The van der Waals surface area contributed by atoms with Crippen molar-refractivity contribution in [3.8, 4) is 5.75 Å². The minimum atomic E-state index is 0.195. The van der Waals surface area contributed by atoms with Crippen molar-refractivity contribution in [3.63, 3.8) is 0 Å². The van der Waals surface area contributed by atoms with Crippen molar-refractivity contribution in [2.24, 2.45) is 0 Å². The molecule has 0 heterocycles. The van der Waals surface area contributed by atoms with Crippen molar-refractivity contribution in [1.82, 2.24) is 10.2 Å². The predicted molar refractivity (Wildman–Crippen MR) is 79.7 cm³/mol. The van der Waals surface area contributed by atoms with Crippen LogP contribution in [-0.4, -0.2) is 36.2 Å². The summed E-state index contributed by atoms with van der Waals surface area (Å²) in [5.41, 5.74) is 0.857. The highest BCUT2D eigenvalue weighted by molar-refractivity contribution is 6.32. The van der Waals surface area contributed by atoms with Gasteiger partial charge in [0.2, 0.25) is 0 Å². The van der Waals surface area contributed by atoms with Crippen molar-refractivity contribution >= 4 is 11.6 Å². The van der Waals surface area contributed by atoms with E-state index in [0.717, 1.165) is 24.7 Å². The Balaban J connectivity index is 1.70. The summed E-state index contributed by atoms with van der Waals surface area (Å²) < 4.78 is 0. The maximum atomic E-state index is 9.80. The molecule has 0 amide bonds. The SMILES string of the molecule is CN(CCNCc1cccc(Cl)c1O)C1CCCC1. The minimum absolute atomic E-state index is 0.195. The largest absolute Gasteiger partial charge is 0.506 e. The van der Waals surface area contributed by atoms with Gasteiger partial charge in [-0.3, -0.25) is 0 Å². The van der Waals surface area contributed by atoms with Gasteiger partial charge in [0.05, 0.1) is 5.02 Å². The number of hydrogen-bond donors (Lipinski definition) is 2. The number of benzene rings is 1. The molecule has 0 radical (unpaired) electrons. The van der Waals surface area contributed by atoms with Crippen LogP contribution in [0.15, 0.2) is 18.2 Å². The molecule has 0 unspecified atom stereocenters. The van der Waals surface area contributed by atoms with Crippen LogP contribution in [0.25, 0.3) is 0 Å². The zero-order valence-electron chi connectivity index (χ0n) is 11.5. The molecule has 2 rings (SSSR count). The monoisotopic (exact) mass is 282 g/mol. The lowest BCUT2D eigenvalue weighted by Crippen LogP contribution is -2.35. The first-order valence-corrected chi connectivity index (χ1v) is 7.43. The average Bonchev–Trinajstić information content (AvgIpc) is 2.93. The smallest absolute Gasteiger partial charge is 0.138 e. The Morgan fingerprint density at radius 2 is 2.11 bits per heavy atom. The van der Waals surface area contributed by atoms with Crippen LogP contribution < -0.4 is 5.32 Å². The lowest BCUT2D eigenvalue weighted by atomic mass is 10.2. The van der Waals surface area contributed by atoms with Gasteiger partial charge in [-0.25, -0.2) is 0 Å². The maximum absolute atomic E-state index is 9.80. The van der Waals surface area contributed by atoms with Crippen LogP contribution in [0.2, 0.25) is 5.02 Å². The standard InChI is InChI=1S/C15H23ClN2O/c1-18(13-6-2-3-7-13)10-9-17-11-12-5-4-8-14(16)15(12)19/h4-5,8,13,17,19H,2-3,6-7,9-11H2,1H3. The Kier molecular flexibility index (Phi) is 5.49. The first-order chi connectivity index (χ1) is 9.18. The highest BCUT2D eigenvalue weighted by atomic mass is 35.5. The Morgan fingerprint density at radius 3 is 2.84 bits per heavy atom. The third-order valence-electron chi connectivity index (χ3n) is 3.98. The number of phenols is 1. The number of hydrogen-bond acceptors (Lipinski definition) is 3. The van der Waals surface area contributed by atoms with E-state index in [1.54, 1.807) is 6.07 Å². The molecule has 106 valence electrons. The summed E-state index contributed by atoms with van der Waals surface area (Å²) >= 11 is 5.88. The highest BCUT2D eigenvalue weighted by Crippen LogP contribution is 2.26. The number of halogens is 1. The summed E-state index contributed by atoms with van der Waals surface area (Å²) in [4.78, 5) is 2.44. The number of phenolic OH excluding ortho intramolecular Hbond substituents is 1. The molecule has 4 heteroatoms. The first kappa shape index (κ1) is 14.6. The minimum Gasteiger partial charge on any atom is -0.506 e. The van der Waals surface area contributed by atoms with Crippen molar-refractivity contribution in [2.75, 3.05) is 20.1 Å². The summed E-state index contributed by atoms with van der Waals surface area (Å²) in [5.74, 6) is 0.195. The molecule has 1 fully saturated rings. The van der Waals surface area contributed by atoms with Crippen LogP contribution in [0.1, 0.15) is 31.2 Å². The molecular weight excluding hydrogens is 260 g/mol. The number of nitrogens with one attached hydrogen (secondary N) is 1. The van der Waals surface area contributed by atoms with Gasteiger partial charge in [-0.1, -0.05) is 36.6 Å². The molecule has 1 aliphatic rings. The molecule has 3 nitrogen and oxygen atoms in total. The highest BCUT2D eigenvalue weighted by Gasteiger charge is 2.18. The van der Waals surface area contributed by atoms with Gasteiger partial charge in [0, 0.05) is 31.2 Å². The van der Waals surface area contributed by atoms with E-state index in [2.05, 4.69) is 17.3 Å². The third-order valence-corrected chi connectivity index (χ3v) is 4.28. The van der Waals surface area contributed by atoms with Crippen molar-refractivity contribution < 1.29 is 5.11 Å². The second-order valence-corrected chi connectivity index (χ2v) is 5.75. The maximum Gasteiger partial charge on any atom is 0.138 e. The van der Waals surface area contributed by atoms with Gasteiger partial charge in [0.1, 0.15) is 5.75 Å². The molecule has 1 aliphatic carbocycles. The number of likely N-dealkylation sites (N-methyl/N-ethyl adjacent to an activating group) is 1. The van der Waals surface area contributed by atoms with Gasteiger partial charge >= 0.3 is 0 Å². The fourth-order valence-corrected chi connectivity index (χ4v) is 2.90. The molecule has 0 aliphatic heterocycles. The number of nitrogens with zero attached hydrogens (tertiary/aromatic N) is 1. The molecule has 0 atom stereocenters. The molecule has 0 aromatic heterocycles. The molecular formula is C15H23ClN2O. The lowest BCUT2D eigenvalue weighted by molar-refractivity contribution is 0.245. The topological polar surface area (TPSA) is 35.5 Å². The Labute approximate surface area is 120 Å². The predicted octanol–water partition coefficient (Wildman–Crippen LogP) is 3.01. The van der Waals surface area contributed by atoms with E-state index >= 15 is 0 Å². The van der Waals surface area contributed by atoms with Gasteiger partial charge in [-0.05, 0) is 26.0 Å². The van der Waals surface area contributed by atoms with Gasteiger partial charge in [0.15, 0.2) is 0 Å². The van der Waals surface area contributed by atoms with Crippen LogP contribution in [0.3, 0.4) is 0 Å². The van der Waals surface area contributed by atoms with E-state index in [4.69, 9.17) is 11.6 Å². The second-order valence-electron chi connectivity index (χ2n) is 5.34. The van der Waals surface area contributed by atoms with E-state index in [1.807, 2.05) is 12.1 Å². The summed E-state index contributed by atoms with van der Waals surface area (Å²) in [7, 11) is 2.20. The first-order valence-electron chi connectivity index (χ1n) is 7.06. The zero-order valence-corrected chi connectivity index (χ0v) is 12.3. The number of rotatable bonds is 6. The Morgan fingerprint density at radius 1 is 1.37 bits per heavy atom. The Bertz CT molecular complexity index is 405. The van der Waals surface area contributed by atoms with Crippen molar-refractivity contribution in [3.05, 3.63) is 28.8 Å². The summed E-state index contributed by atoms with van der Waals surface area (Å²) in [5, 5.41) is 13.6. The van der Waals surface area contributed by atoms with Crippen molar-refractivity contribution in [1.29, 1.82) is 0 Å². The van der Waals surface area contributed by atoms with E-state index in [9.17, 15) is 5.11 Å². The van der Waals surface area contributed by atoms with E-state index in [1.165, 1.54) is 25.7 Å². The van der Waals surface area contributed by atoms with Crippen LogP contribution in [0, 0.1) is 0 Å². The van der Waals surface area contributed by atoms with Crippen LogP contribution in [0.4, 0.5) is 0 Å². The lowest BCUT2D eigenvalue weighted by Gasteiger charge is -2.24. The van der Waals surface area contributed by atoms with E-state index in [-0.39, 0.29) is 5.75 Å². The molecule has 1 aromatic carbocycles. The number of aromatic hydroxyl groups is 1. The van der Waals surface area contributed by atoms with Crippen LogP contribution in [0.5, 0.6) is 5.75 Å². The quantitative estimate of drug-likeness (QED) is 0.788. The van der Waals surface area contributed by atoms with Crippen LogP contribution >= 0.6 is 11.6 Å². The summed E-state index contributed by atoms with van der Waals surface area (Å²) in [6, 6.07) is 6.23. The summed E-state index contributed by atoms with van der Waals surface area (Å²) in [6.07, 6.45) is 5.43. The van der Waals surface area contributed by atoms with Gasteiger partial charge in [0.25, 0.3) is 0 Å². The fraction of sp³-hybridized carbons (Fsp3) is 0.600. The van der Waals surface area contributed by atoms with Gasteiger partial charge < -0.3 is 15.3 Å². The van der Waals surface area contributed by atoms with E-state index in [0.29, 0.717) is 11.6 Å². The van der Waals surface area contributed by atoms with E-state index < -0.39 is 0 Å². The molecule has 0 bridgehead atoms. The molecule has 0 saturated heterocycles. The van der Waals surface area contributed by atoms with Crippen molar-refractivity contribution in [2.45, 2.75) is 38.3 Å². The number of para-hydroxylation sites is 1. The molecule has 1 saturated carbocycles.